The van der Waals surface area contributed by atoms with Crippen molar-refractivity contribution in [2.24, 2.45) is 17.6 Å². The quantitative estimate of drug-likeness (QED) is 0.569. The van der Waals surface area contributed by atoms with Gasteiger partial charge in [-0.15, -0.1) is 0 Å². The molecule has 0 aromatic carbocycles. The van der Waals surface area contributed by atoms with Crippen LogP contribution in [0.4, 0.5) is 0 Å². The minimum absolute atomic E-state index is 0.231. The highest BCUT2D eigenvalue weighted by Gasteiger charge is 2.14. The molecular weight excluding hydrogens is 248 g/mol. The van der Waals surface area contributed by atoms with E-state index in [0.717, 1.165) is 38.3 Å². The van der Waals surface area contributed by atoms with Crippen molar-refractivity contribution < 1.29 is 4.79 Å². The van der Waals surface area contributed by atoms with Gasteiger partial charge >= 0.3 is 0 Å². The monoisotopic (exact) mass is 282 g/mol. The van der Waals surface area contributed by atoms with Crippen LogP contribution in [0.1, 0.15) is 77.6 Å². The minimum atomic E-state index is 0.231. The van der Waals surface area contributed by atoms with E-state index < -0.39 is 0 Å². The number of hydrogen-bond acceptors (Lipinski definition) is 2. The van der Waals surface area contributed by atoms with Crippen molar-refractivity contribution >= 4 is 5.91 Å². The lowest BCUT2D eigenvalue weighted by Gasteiger charge is -2.15. The molecule has 1 aliphatic carbocycles. The summed E-state index contributed by atoms with van der Waals surface area (Å²) in [6.45, 7) is 3.81. The number of nitrogens with one attached hydrogen (secondary N) is 1. The van der Waals surface area contributed by atoms with E-state index in [1.807, 2.05) is 0 Å². The summed E-state index contributed by atoms with van der Waals surface area (Å²) in [5.74, 6) is 1.80. The lowest BCUT2D eigenvalue weighted by Crippen LogP contribution is -2.25. The van der Waals surface area contributed by atoms with Gasteiger partial charge in [0.1, 0.15) is 0 Å². The van der Waals surface area contributed by atoms with Crippen molar-refractivity contribution in [2.45, 2.75) is 77.6 Å². The van der Waals surface area contributed by atoms with Crippen LogP contribution in [0.5, 0.6) is 0 Å². The van der Waals surface area contributed by atoms with Crippen LogP contribution < -0.4 is 11.1 Å². The summed E-state index contributed by atoms with van der Waals surface area (Å²) >= 11 is 0. The first-order valence-electron chi connectivity index (χ1n) is 8.73. The second kappa shape index (κ2) is 11.1. The minimum Gasteiger partial charge on any atom is -0.356 e. The van der Waals surface area contributed by atoms with E-state index in [1.54, 1.807) is 0 Å². The first-order chi connectivity index (χ1) is 9.76. The summed E-state index contributed by atoms with van der Waals surface area (Å²) in [7, 11) is 0. The van der Waals surface area contributed by atoms with Gasteiger partial charge in [0.2, 0.25) is 5.91 Å². The summed E-state index contributed by atoms with van der Waals surface area (Å²) in [6, 6.07) is 0. The molecule has 0 saturated heterocycles. The van der Waals surface area contributed by atoms with Gasteiger partial charge in [-0.1, -0.05) is 45.4 Å². The third-order valence-corrected chi connectivity index (χ3v) is 4.64. The molecule has 3 heteroatoms. The molecule has 1 atom stereocenters. The molecule has 3 nitrogen and oxygen atoms in total. The second-order valence-corrected chi connectivity index (χ2v) is 6.41. The van der Waals surface area contributed by atoms with Gasteiger partial charge < -0.3 is 11.1 Å². The number of rotatable bonds is 11. The fraction of sp³-hybridized carbons (Fsp3) is 0.941. The van der Waals surface area contributed by atoms with E-state index in [4.69, 9.17) is 5.73 Å². The van der Waals surface area contributed by atoms with Crippen LogP contribution in [0.15, 0.2) is 0 Å². The first kappa shape index (κ1) is 17.5. The Kier molecular flexibility index (Phi) is 9.73. The molecule has 0 aliphatic heterocycles. The Labute approximate surface area is 125 Å². The summed E-state index contributed by atoms with van der Waals surface area (Å²) in [5.41, 5.74) is 5.62. The Bertz CT molecular complexity index is 243. The molecular formula is C17H34N2O. The zero-order chi connectivity index (χ0) is 14.6. The van der Waals surface area contributed by atoms with E-state index in [2.05, 4.69) is 12.2 Å². The average Bonchev–Trinajstić information content (AvgIpc) is 2.95. The number of amides is 1. The molecule has 0 heterocycles. The molecule has 1 unspecified atom stereocenters. The maximum atomic E-state index is 11.8. The summed E-state index contributed by atoms with van der Waals surface area (Å²) in [5, 5.41) is 3.08. The SMILES string of the molecule is CCCC(CCN)CCC(=O)NCCCC1CCCC1. The molecule has 20 heavy (non-hydrogen) atoms. The number of carbonyl (C=O) groups excluding carboxylic acids is 1. The second-order valence-electron chi connectivity index (χ2n) is 6.41. The largest absolute Gasteiger partial charge is 0.356 e. The highest BCUT2D eigenvalue weighted by atomic mass is 16.1. The molecule has 3 N–H and O–H groups in total. The Balaban J connectivity index is 2.00. The van der Waals surface area contributed by atoms with Crippen molar-refractivity contribution in [1.82, 2.24) is 5.32 Å². The van der Waals surface area contributed by atoms with Crippen molar-refractivity contribution in [3.63, 3.8) is 0 Å². The fourth-order valence-electron chi connectivity index (χ4n) is 3.42. The van der Waals surface area contributed by atoms with Crippen LogP contribution in [0.3, 0.4) is 0 Å². The Morgan fingerprint density at radius 3 is 2.65 bits per heavy atom. The van der Waals surface area contributed by atoms with E-state index in [-0.39, 0.29) is 5.91 Å². The van der Waals surface area contributed by atoms with Gasteiger partial charge in [-0.25, -0.2) is 0 Å². The third kappa shape index (κ3) is 7.88. The Morgan fingerprint density at radius 2 is 2.00 bits per heavy atom. The topological polar surface area (TPSA) is 55.1 Å². The Morgan fingerprint density at radius 1 is 1.25 bits per heavy atom. The van der Waals surface area contributed by atoms with Crippen LogP contribution in [0.25, 0.3) is 0 Å². The third-order valence-electron chi connectivity index (χ3n) is 4.64. The van der Waals surface area contributed by atoms with Gasteiger partial charge in [0.15, 0.2) is 0 Å². The maximum Gasteiger partial charge on any atom is 0.220 e. The van der Waals surface area contributed by atoms with Crippen molar-refractivity contribution in [3.8, 4) is 0 Å². The molecule has 1 aliphatic rings. The highest BCUT2D eigenvalue weighted by molar-refractivity contribution is 5.75. The summed E-state index contributed by atoms with van der Waals surface area (Å²) in [6.07, 6.45) is 13.2. The number of carbonyl (C=O) groups is 1. The van der Waals surface area contributed by atoms with Gasteiger partial charge in [0.05, 0.1) is 0 Å². The van der Waals surface area contributed by atoms with Gasteiger partial charge in [-0.05, 0) is 44.1 Å². The van der Waals surface area contributed by atoms with E-state index >= 15 is 0 Å². The zero-order valence-corrected chi connectivity index (χ0v) is 13.3. The first-order valence-corrected chi connectivity index (χ1v) is 8.73. The van der Waals surface area contributed by atoms with Crippen molar-refractivity contribution in [2.75, 3.05) is 13.1 Å². The average molecular weight is 282 g/mol. The standard InChI is InChI=1S/C17H34N2O/c1-2-6-15(12-13-18)10-11-17(20)19-14-5-9-16-7-3-4-8-16/h15-16H,2-14,18H2,1H3,(H,19,20). The smallest absolute Gasteiger partial charge is 0.220 e. The predicted octanol–water partition coefficient (Wildman–Crippen LogP) is 3.62. The molecule has 1 rings (SSSR count). The molecule has 0 spiro atoms. The lowest BCUT2D eigenvalue weighted by molar-refractivity contribution is -0.121. The fourth-order valence-corrected chi connectivity index (χ4v) is 3.42. The number of hydrogen-bond donors (Lipinski definition) is 2. The van der Waals surface area contributed by atoms with Crippen LogP contribution in [-0.2, 0) is 4.79 Å². The molecule has 1 fully saturated rings. The normalized spacial score (nSPS) is 17.3. The summed E-state index contributed by atoms with van der Waals surface area (Å²) in [4.78, 5) is 11.8. The molecule has 1 amide bonds. The van der Waals surface area contributed by atoms with E-state index in [9.17, 15) is 4.79 Å². The molecule has 0 bridgehead atoms. The van der Waals surface area contributed by atoms with Crippen molar-refractivity contribution in [3.05, 3.63) is 0 Å². The van der Waals surface area contributed by atoms with Crippen molar-refractivity contribution in [1.29, 1.82) is 0 Å². The van der Waals surface area contributed by atoms with Crippen LogP contribution >= 0.6 is 0 Å². The van der Waals surface area contributed by atoms with Crippen LogP contribution in [-0.4, -0.2) is 19.0 Å². The summed E-state index contributed by atoms with van der Waals surface area (Å²) < 4.78 is 0. The molecule has 0 radical (unpaired) electrons. The van der Waals surface area contributed by atoms with Gasteiger partial charge in [0.25, 0.3) is 0 Å². The van der Waals surface area contributed by atoms with E-state index in [1.165, 1.54) is 44.9 Å². The van der Waals surface area contributed by atoms with Gasteiger partial charge in [0, 0.05) is 13.0 Å². The predicted molar refractivity (Wildman–Crippen MR) is 85.5 cm³/mol. The van der Waals surface area contributed by atoms with E-state index in [0.29, 0.717) is 12.3 Å². The zero-order valence-electron chi connectivity index (χ0n) is 13.3. The van der Waals surface area contributed by atoms with Gasteiger partial charge in [-0.2, -0.15) is 0 Å². The lowest BCUT2D eigenvalue weighted by atomic mass is 9.94. The highest BCUT2D eigenvalue weighted by Crippen LogP contribution is 2.28. The molecule has 1 saturated carbocycles. The maximum absolute atomic E-state index is 11.8. The van der Waals surface area contributed by atoms with Gasteiger partial charge in [-0.3, -0.25) is 4.79 Å². The molecule has 118 valence electrons. The molecule has 0 aromatic rings. The Hall–Kier alpha value is -0.570. The van der Waals surface area contributed by atoms with Crippen LogP contribution in [0, 0.1) is 11.8 Å². The molecule has 0 aromatic heterocycles. The number of nitrogens with two attached hydrogens (primary N) is 1. The van der Waals surface area contributed by atoms with Crippen LogP contribution in [0.2, 0.25) is 0 Å².